The molecule has 0 radical (unpaired) electrons. The number of aryl methyl sites for hydroxylation is 1. The summed E-state index contributed by atoms with van der Waals surface area (Å²) in [6.45, 7) is 4.01. The van der Waals surface area contributed by atoms with Gasteiger partial charge in [-0.15, -0.1) is 0 Å². The lowest BCUT2D eigenvalue weighted by Crippen LogP contribution is -2.46. The zero-order valence-electron chi connectivity index (χ0n) is 15.9. The number of carbonyl (C=O) groups is 2. The third kappa shape index (κ3) is 4.92. The molecule has 0 saturated heterocycles. The Morgan fingerprint density at radius 3 is 2.27 bits per heavy atom. The third-order valence-corrected chi connectivity index (χ3v) is 4.56. The maximum atomic E-state index is 12.7. The number of nitrogens with one attached hydrogen (secondary N) is 1. The van der Waals surface area contributed by atoms with E-state index < -0.39 is 6.04 Å². The molecular weight excluding hydrogens is 326 g/mol. The zero-order chi connectivity index (χ0) is 19.1. The van der Waals surface area contributed by atoms with Crippen LogP contribution in [0.1, 0.15) is 19.4 Å². The minimum Gasteiger partial charge on any atom is -0.325 e. The second-order valence-corrected chi connectivity index (χ2v) is 6.38. The van der Waals surface area contributed by atoms with Crippen LogP contribution >= 0.6 is 0 Å². The largest absolute Gasteiger partial charge is 0.325 e. The maximum Gasteiger partial charge on any atom is 0.243 e. The van der Waals surface area contributed by atoms with Gasteiger partial charge in [0.15, 0.2) is 0 Å². The number of rotatable bonds is 7. The Hall–Kier alpha value is -2.66. The van der Waals surface area contributed by atoms with E-state index in [-0.39, 0.29) is 18.4 Å². The highest BCUT2D eigenvalue weighted by molar-refractivity contribution is 5.97. The van der Waals surface area contributed by atoms with Crippen molar-refractivity contribution < 1.29 is 9.59 Å². The molecule has 0 aromatic heterocycles. The van der Waals surface area contributed by atoms with E-state index in [0.717, 1.165) is 23.4 Å². The van der Waals surface area contributed by atoms with Crippen molar-refractivity contribution in [1.82, 2.24) is 4.90 Å². The van der Waals surface area contributed by atoms with Crippen molar-refractivity contribution in [2.75, 3.05) is 30.9 Å². The fraction of sp³-hybridized carbons (Fsp3) is 0.333. The Kier molecular flexibility index (Phi) is 6.92. The average molecular weight is 353 g/mol. The number of hydrogen-bond acceptors (Lipinski definition) is 3. The van der Waals surface area contributed by atoms with Crippen LogP contribution < -0.4 is 10.2 Å². The van der Waals surface area contributed by atoms with E-state index in [1.54, 1.807) is 23.9 Å². The number of anilines is 2. The van der Waals surface area contributed by atoms with Gasteiger partial charge in [0, 0.05) is 18.4 Å². The van der Waals surface area contributed by atoms with Crippen molar-refractivity contribution in [3.8, 4) is 0 Å². The molecule has 0 aliphatic carbocycles. The number of hydrogen-bond donors (Lipinski definition) is 1. The quantitative estimate of drug-likeness (QED) is 0.832. The van der Waals surface area contributed by atoms with Crippen LogP contribution in [0.25, 0.3) is 0 Å². The highest BCUT2D eigenvalue weighted by atomic mass is 16.2. The van der Waals surface area contributed by atoms with E-state index in [2.05, 4.69) is 12.2 Å². The fourth-order valence-electron chi connectivity index (χ4n) is 2.75. The first-order chi connectivity index (χ1) is 12.4. The number of para-hydroxylation sites is 2. The normalized spacial score (nSPS) is 11.9. The van der Waals surface area contributed by atoms with Crippen molar-refractivity contribution in [1.29, 1.82) is 0 Å². The molecule has 5 heteroatoms. The molecule has 1 N–H and O–H groups in total. The van der Waals surface area contributed by atoms with Crippen molar-refractivity contribution in [3.63, 3.8) is 0 Å². The standard InChI is InChI=1S/C21H27N3O2/c1-5-17-11-9-10-14-19(17)22-20(25)15-23(3)16(2)21(26)24(4)18-12-7-6-8-13-18/h6-14,16H,5,15H2,1-4H3,(H,22,25)/t16-/m1/s1. The van der Waals surface area contributed by atoms with Gasteiger partial charge in [0.2, 0.25) is 11.8 Å². The molecule has 0 bridgehead atoms. The molecule has 26 heavy (non-hydrogen) atoms. The van der Waals surface area contributed by atoms with Gasteiger partial charge in [-0.05, 0) is 44.2 Å². The third-order valence-electron chi connectivity index (χ3n) is 4.56. The van der Waals surface area contributed by atoms with E-state index in [4.69, 9.17) is 0 Å². The summed E-state index contributed by atoms with van der Waals surface area (Å²) >= 11 is 0. The lowest BCUT2D eigenvalue weighted by atomic mass is 10.1. The van der Waals surface area contributed by atoms with Crippen molar-refractivity contribution >= 4 is 23.2 Å². The Labute approximate surface area is 155 Å². The molecule has 2 aromatic rings. The molecule has 2 aromatic carbocycles. The van der Waals surface area contributed by atoms with Gasteiger partial charge in [0.05, 0.1) is 12.6 Å². The second kappa shape index (κ2) is 9.15. The van der Waals surface area contributed by atoms with Gasteiger partial charge in [-0.3, -0.25) is 14.5 Å². The van der Waals surface area contributed by atoms with Crippen LogP contribution in [0.3, 0.4) is 0 Å². The summed E-state index contributed by atoms with van der Waals surface area (Å²) in [6, 6.07) is 16.8. The molecule has 5 nitrogen and oxygen atoms in total. The second-order valence-electron chi connectivity index (χ2n) is 6.38. The van der Waals surface area contributed by atoms with Gasteiger partial charge in [-0.1, -0.05) is 43.3 Å². The molecule has 2 rings (SSSR count). The number of carbonyl (C=O) groups excluding carboxylic acids is 2. The molecule has 0 aliphatic rings. The SMILES string of the molecule is CCc1ccccc1NC(=O)CN(C)[C@H](C)C(=O)N(C)c1ccccc1. The summed E-state index contributed by atoms with van der Waals surface area (Å²) in [4.78, 5) is 28.4. The summed E-state index contributed by atoms with van der Waals surface area (Å²) < 4.78 is 0. The van der Waals surface area contributed by atoms with Gasteiger partial charge in [-0.25, -0.2) is 0 Å². The first-order valence-electron chi connectivity index (χ1n) is 8.84. The lowest BCUT2D eigenvalue weighted by molar-refractivity contribution is -0.124. The smallest absolute Gasteiger partial charge is 0.243 e. The van der Waals surface area contributed by atoms with Crippen LogP contribution in [0, 0.1) is 0 Å². The number of nitrogens with zero attached hydrogens (tertiary/aromatic N) is 2. The minimum absolute atomic E-state index is 0.0551. The number of likely N-dealkylation sites (N-methyl/N-ethyl adjacent to an activating group) is 2. The Morgan fingerprint density at radius 1 is 1.00 bits per heavy atom. The van der Waals surface area contributed by atoms with E-state index in [0.29, 0.717) is 0 Å². The predicted octanol–water partition coefficient (Wildman–Crippen LogP) is 3.17. The van der Waals surface area contributed by atoms with Crippen LogP contribution in [-0.4, -0.2) is 43.4 Å². The van der Waals surface area contributed by atoms with E-state index in [1.807, 2.05) is 61.5 Å². The van der Waals surface area contributed by atoms with Gasteiger partial charge in [0.25, 0.3) is 0 Å². The fourth-order valence-corrected chi connectivity index (χ4v) is 2.75. The number of benzene rings is 2. The molecule has 0 saturated carbocycles. The molecule has 138 valence electrons. The Morgan fingerprint density at radius 2 is 1.62 bits per heavy atom. The topological polar surface area (TPSA) is 52.7 Å². The monoisotopic (exact) mass is 353 g/mol. The van der Waals surface area contributed by atoms with E-state index in [9.17, 15) is 9.59 Å². The van der Waals surface area contributed by atoms with Crippen LogP contribution in [0.2, 0.25) is 0 Å². The highest BCUT2D eigenvalue weighted by Gasteiger charge is 2.24. The van der Waals surface area contributed by atoms with Gasteiger partial charge in [0.1, 0.15) is 0 Å². The number of amides is 2. The minimum atomic E-state index is -0.410. The van der Waals surface area contributed by atoms with Crippen molar-refractivity contribution in [2.45, 2.75) is 26.3 Å². The summed E-state index contributed by atoms with van der Waals surface area (Å²) in [5, 5.41) is 2.94. The van der Waals surface area contributed by atoms with Gasteiger partial charge in [-0.2, -0.15) is 0 Å². The first kappa shape index (κ1) is 19.7. The highest BCUT2D eigenvalue weighted by Crippen LogP contribution is 2.16. The van der Waals surface area contributed by atoms with Crippen molar-refractivity contribution in [2.24, 2.45) is 0 Å². The average Bonchev–Trinajstić information content (AvgIpc) is 2.67. The first-order valence-corrected chi connectivity index (χ1v) is 8.84. The van der Waals surface area contributed by atoms with Crippen LogP contribution in [0.5, 0.6) is 0 Å². The summed E-state index contributed by atoms with van der Waals surface area (Å²) in [6.07, 6.45) is 0.850. The molecular formula is C21H27N3O2. The molecule has 2 amide bonds. The molecule has 0 spiro atoms. The Balaban J connectivity index is 1.96. The summed E-state index contributed by atoms with van der Waals surface area (Å²) in [5.74, 6) is -0.184. The van der Waals surface area contributed by atoms with Crippen molar-refractivity contribution in [3.05, 3.63) is 60.2 Å². The molecule has 1 atom stereocenters. The summed E-state index contributed by atoms with van der Waals surface area (Å²) in [5.41, 5.74) is 2.75. The predicted molar refractivity (Wildman–Crippen MR) is 106 cm³/mol. The van der Waals surface area contributed by atoms with Crippen LogP contribution in [-0.2, 0) is 16.0 Å². The molecule has 0 aliphatic heterocycles. The zero-order valence-corrected chi connectivity index (χ0v) is 15.9. The van der Waals surface area contributed by atoms with Crippen LogP contribution in [0.4, 0.5) is 11.4 Å². The van der Waals surface area contributed by atoms with Crippen LogP contribution in [0.15, 0.2) is 54.6 Å². The molecule has 0 heterocycles. The molecule has 0 unspecified atom stereocenters. The maximum absolute atomic E-state index is 12.7. The van der Waals surface area contributed by atoms with E-state index >= 15 is 0 Å². The van der Waals surface area contributed by atoms with E-state index in [1.165, 1.54) is 0 Å². The summed E-state index contributed by atoms with van der Waals surface area (Å²) in [7, 11) is 3.53. The Bertz CT molecular complexity index is 746. The molecule has 0 fully saturated rings. The lowest BCUT2D eigenvalue weighted by Gasteiger charge is -2.28. The van der Waals surface area contributed by atoms with Gasteiger partial charge < -0.3 is 10.2 Å². The van der Waals surface area contributed by atoms with Gasteiger partial charge >= 0.3 is 0 Å².